The molecule has 0 unspecified atom stereocenters. The van der Waals surface area contributed by atoms with Crippen LogP contribution in [-0.2, 0) is 6.42 Å². The van der Waals surface area contributed by atoms with Crippen LogP contribution in [-0.4, -0.2) is 27.8 Å². The molecule has 3 nitrogen and oxygen atoms in total. The minimum absolute atomic E-state index is 0.683. The summed E-state index contributed by atoms with van der Waals surface area (Å²) in [6.45, 7) is 1.07. The number of fused-ring (bicyclic) bond motifs is 1. The lowest BCUT2D eigenvalue weighted by Crippen LogP contribution is -2.21. The van der Waals surface area contributed by atoms with Crippen molar-refractivity contribution in [2.75, 3.05) is 27.8 Å². The number of hydrogen-bond acceptors (Lipinski definition) is 3. The topological polar surface area (TPSA) is 30.5 Å². The molecule has 88 valence electrons. The molecule has 0 amide bonds. The average Bonchev–Trinajstić information content (AvgIpc) is 2.30. The Morgan fingerprint density at radius 1 is 1.25 bits per heavy atom. The minimum Gasteiger partial charge on any atom is -0.493 e. The highest BCUT2D eigenvalue weighted by atomic mass is 16.5. The van der Waals surface area contributed by atoms with Crippen molar-refractivity contribution in [1.82, 2.24) is 5.32 Å². The normalized spacial score (nSPS) is 17.6. The third-order valence-electron chi connectivity index (χ3n) is 3.29. The van der Waals surface area contributed by atoms with E-state index in [1.54, 1.807) is 14.2 Å². The summed E-state index contributed by atoms with van der Waals surface area (Å²) in [5, 5.41) is 3.19. The first kappa shape index (κ1) is 11.3. The van der Waals surface area contributed by atoms with Crippen LogP contribution in [0, 0.1) is 0 Å². The Morgan fingerprint density at radius 3 is 2.56 bits per heavy atom. The number of hydrogen-bond donors (Lipinski definition) is 1. The number of benzene rings is 1. The maximum absolute atomic E-state index is 5.32. The number of methoxy groups -OCH3 is 2. The molecule has 0 heterocycles. The lowest BCUT2D eigenvalue weighted by molar-refractivity contribution is 0.351. The third-order valence-corrected chi connectivity index (χ3v) is 3.29. The van der Waals surface area contributed by atoms with Gasteiger partial charge in [-0.2, -0.15) is 0 Å². The van der Waals surface area contributed by atoms with Crippen molar-refractivity contribution in [1.29, 1.82) is 0 Å². The van der Waals surface area contributed by atoms with Crippen molar-refractivity contribution in [3.05, 3.63) is 23.3 Å². The molecule has 1 N–H and O–H groups in total. The summed E-state index contributed by atoms with van der Waals surface area (Å²) in [4.78, 5) is 0. The first-order valence-electron chi connectivity index (χ1n) is 5.69. The molecule has 2 rings (SSSR count). The Labute approximate surface area is 96.8 Å². The van der Waals surface area contributed by atoms with Crippen LogP contribution >= 0.6 is 0 Å². The zero-order chi connectivity index (χ0) is 11.5. The maximum Gasteiger partial charge on any atom is 0.161 e. The fourth-order valence-corrected chi connectivity index (χ4v) is 2.31. The molecule has 0 radical (unpaired) electrons. The second kappa shape index (κ2) is 4.74. The summed E-state index contributed by atoms with van der Waals surface area (Å²) in [6, 6.07) is 4.22. The summed E-state index contributed by atoms with van der Waals surface area (Å²) >= 11 is 0. The zero-order valence-electron chi connectivity index (χ0n) is 10.2. The Balaban J connectivity index is 2.17. The van der Waals surface area contributed by atoms with Gasteiger partial charge >= 0.3 is 0 Å². The highest BCUT2D eigenvalue weighted by Gasteiger charge is 2.27. The molecular formula is C13H19NO2. The second-order valence-electron chi connectivity index (χ2n) is 4.20. The molecule has 0 aromatic heterocycles. The quantitative estimate of drug-likeness (QED) is 0.824. The van der Waals surface area contributed by atoms with Gasteiger partial charge in [0.1, 0.15) is 0 Å². The lowest BCUT2D eigenvalue weighted by atomic mass is 9.75. The molecule has 1 aliphatic carbocycles. The summed E-state index contributed by atoms with van der Waals surface area (Å²) in [7, 11) is 5.36. The Hall–Kier alpha value is -1.22. The fourth-order valence-electron chi connectivity index (χ4n) is 2.31. The SMILES string of the molecule is CNCC[C@H]1Cc2cc(OC)c(OC)cc21. The number of ether oxygens (including phenoxy) is 2. The largest absolute Gasteiger partial charge is 0.493 e. The van der Waals surface area contributed by atoms with Crippen LogP contribution in [0.15, 0.2) is 12.1 Å². The van der Waals surface area contributed by atoms with E-state index in [2.05, 4.69) is 17.4 Å². The standard InChI is InChI=1S/C13H19NO2/c1-14-5-4-9-6-10-7-12(15-2)13(16-3)8-11(9)10/h7-9,14H,4-6H2,1-3H3/t9-/m0/s1. The predicted octanol–water partition coefficient (Wildman–Crippen LogP) is 1.95. The molecular weight excluding hydrogens is 202 g/mol. The van der Waals surface area contributed by atoms with Gasteiger partial charge in [0.25, 0.3) is 0 Å². The molecule has 16 heavy (non-hydrogen) atoms. The Morgan fingerprint density at radius 2 is 1.94 bits per heavy atom. The van der Waals surface area contributed by atoms with E-state index in [9.17, 15) is 0 Å². The maximum atomic E-state index is 5.32. The molecule has 0 aliphatic heterocycles. The molecule has 1 aromatic carbocycles. The smallest absolute Gasteiger partial charge is 0.161 e. The van der Waals surface area contributed by atoms with E-state index in [0.29, 0.717) is 5.92 Å². The van der Waals surface area contributed by atoms with E-state index < -0.39 is 0 Å². The van der Waals surface area contributed by atoms with Crippen molar-refractivity contribution in [2.24, 2.45) is 0 Å². The summed E-state index contributed by atoms with van der Waals surface area (Å²) < 4.78 is 10.6. The van der Waals surface area contributed by atoms with Gasteiger partial charge in [-0.05, 0) is 55.6 Å². The van der Waals surface area contributed by atoms with Crippen molar-refractivity contribution in [2.45, 2.75) is 18.8 Å². The van der Waals surface area contributed by atoms with Crippen LogP contribution in [0.5, 0.6) is 11.5 Å². The van der Waals surface area contributed by atoms with Crippen LogP contribution < -0.4 is 14.8 Å². The van der Waals surface area contributed by atoms with Gasteiger partial charge in [-0.1, -0.05) is 0 Å². The van der Waals surface area contributed by atoms with Crippen molar-refractivity contribution >= 4 is 0 Å². The van der Waals surface area contributed by atoms with Gasteiger partial charge in [0.05, 0.1) is 14.2 Å². The van der Waals surface area contributed by atoms with Crippen LogP contribution in [0.3, 0.4) is 0 Å². The van der Waals surface area contributed by atoms with Crippen molar-refractivity contribution in [3.63, 3.8) is 0 Å². The van der Waals surface area contributed by atoms with Gasteiger partial charge in [-0.3, -0.25) is 0 Å². The molecule has 1 aliphatic rings. The van der Waals surface area contributed by atoms with E-state index >= 15 is 0 Å². The molecule has 0 saturated heterocycles. The summed E-state index contributed by atoms with van der Waals surface area (Å²) in [5.74, 6) is 2.37. The van der Waals surface area contributed by atoms with E-state index in [0.717, 1.165) is 24.5 Å². The van der Waals surface area contributed by atoms with Gasteiger partial charge in [0.15, 0.2) is 11.5 Å². The van der Waals surface area contributed by atoms with Gasteiger partial charge in [-0.15, -0.1) is 0 Å². The molecule has 0 fully saturated rings. The zero-order valence-corrected chi connectivity index (χ0v) is 10.2. The van der Waals surface area contributed by atoms with E-state index in [-0.39, 0.29) is 0 Å². The first-order valence-corrected chi connectivity index (χ1v) is 5.69. The first-order chi connectivity index (χ1) is 7.80. The predicted molar refractivity (Wildman–Crippen MR) is 64.5 cm³/mol. The molecule has 0 saturated carbocycles. The monoisotopic (exact) mass is 221 g/mol. The Kier molecular flexibility index (Phi) is 3.34. The van der Waals surface area contributed by atoms with Crippen LogP contribution in [0.2, 0.25) is 0 Å². The molecule has 3 heteroatoms. The van der Waals surface area contributed by atoms with Crippen LogP contribution in [0.4, 0.5) is 0 Å². The van der Waals surface area contributed by atoms with Gasteiger partial charge in [-0.25, -0.2) is 0 Å². The van der Waals surface area contributed by atoms with Crippen LogP contribution in [0.1, 0.15) is 23.5 Å². The lowest BCUT2D eigenvalue weighted by Gasteiger charge is -2.31. The summed E-state index contributed by atoms with van der Waals surface area (Å²) in [5.41, 5.74) is 2.83. The van der Waals surface area contributed by atoms with Gasteiger partial charge in [0, 0.05) is 0 Å². The summed E-state index contributed by atoms with van der Waals surface area (Å²) in [6.07, 6.45) is 2.36. The van der Waals surface area contributed by atoms with E-state index in [1.165, 1.54) is 17.5 Å². The highest BCUT2D eigenvalue weighted by molar-refractivity contribution is 5.53. The van der Waals surface area contributed by atoms with Crippen molar-refractivity contribution < 1.29 is 9.47 Å². The van der Waals surface area contributed by atoms with Crippen LogP contribution in [0.25, 0.3) is 0 Å². The van der Waals surface area contributed by atoms with Gasteiger partial charge in [0.2, 0.25) is 0 Å². The van der Waals surface area contributed by atoms with Gasteiger partial charge < -0.3 is 14.8 Å². The molecule has 0 bridgehead atoms. The molecule has 0 spiro atoms. The van der Waals surface area contributed by atoms with E-state index in [1.807, 2.05) is 7.05 Å². The second-order valence-corrected chi connectivity index (χ2v) is 4.20. The number of nitrogens with one attached hydrogen (secondary N) is 1. The highest BCUT2D eigenvalue weighted by Crippen LogP contribution is 2.43. The fraction of sp³-hybridized carbons (Fsp3) is 0.538. The third kappa shape index (κ3) is 1.87. The average molecular weight is 221 g/mol. The Bertz CT molecular complexity index is 376. The van der Waals surface area contributed by atoms with E-state index in [4.69, 9.17) is 9.47 Å². The molecule has 1 aromatic rings. The minimum atomic E-state index is 0.683. The van der Waals surface area contributed by atoms with Crippen molar-refractivity contribution in [3.8, 4) is 11.5 Å². The molecule has 1 atom stereocenters. The number of rotatable bonds is 5.